The molecule has 0 saturated carbocycles. The second-order valence-electron chi connectivity index (χ2n) is 5.16. The number of hydrogen-bond acceptors (Lipinski definition) is 4. The molecule has 0 spiro atoms. The van der Waals surface area contributed by atoms with Gasteiger partial charge in [-0.2, -0.15) is 0 Å². The number of hydrogen-bond donors (Lipinski definition) is 2. The maximum Gasteiger partial charge on any atom is 0.270 e. The molecule has 1 saturated heterocycles. The van der Waals surface area contributed by atoms with Crippen molar-refractivity contribution in [2.24, 2.45) is 5.92 Å². The molecule has 1 atom stereocenters. The molecule has 0 aromatic heterocycles. The second-order valence-corrected chi connectivity index (χ2v) is 5.16. The monoisotopic (exact) mass is 277 g/mol. The van der Waals surface area contributed by atoms with Gasteiger partial charge < -0.3 is 10.6 Å². The topological polar surface area (TPSA) is 84.3 Å². The van der Waals surface area contributed by atoms with Gasteiger partial charge in [0.25, 0.3) is 11.6 Å². The molecule has 0 radical (unpaired) electrons. The molecular weight excluding hydrogens is 258 g/mol. The second kappa shape index (κ2) is 6.47. The van der Waals surface area contributed by atoms with E-state index in [1.165, 1.54) is 12.1 Å². The predicted molar refractivity (Wildman–Crippen MR) is 75.8 cm³/mol. The number of amides is 1. The molecule has 1 heterocycles. The van der Waals surface area contributed by atoms with E-state index in [0.29, 0.717) is 18.0 Å². The molecule has 6 nitrogen and oxygen atoms in total. The molecule has 2 rings (SSSR count). The summed E-state index contributed by atoms with van der Waals surface area (Å²) in [6.45, 7) is 4.43. The molecule has 1 unspecified atom stereocenters. The fourth-order valence-electron chi connectivity index (χ4n) is 2.41. The summed E-state index contributed by atoms with van der Waals surface area (Å²) < 4.78 is 0. The van der Waals surface area contributed by atoms with Gasteiger partial charge in [-0.15, -0.1) is 0 Å². The van der Waals surface area contributed by atoms with Crippen LogP contribution in [0, 0.1) is 23.0 Å². The Kier molecular flexibility index (Phi) is 4.68. The summed E-state index contributed by atoms with van der Waals surface area (Å²) in [7, 11) is 0. The lowest BCUT2D eigenvalue weighted by Crippen LogP contribution is -2.27. The highest BCUT2D eigenvalue weighted by Gasteiger charge is 2.16. The molecule has 6 heteroatoms. The van der Waals surface area contributed by atoms with E-state index in [2.05, 4.69) is 10.6 Å². The lowest BCUT2D eigenvalue weighted by atomic mass is 10.0. The van der Waals surface area contributed by atoms with Crippen LogP contribution in [0.5, 0.6) is 0 Å². The van der Waals surface area contributed by atoms with Crippen LogP contribution in [0.1, 0.15) is 28.8 Å². The van der Waals surface area contributed by atoms with E-state index in [9.17, 15) is 14.9 Å². The van der Waals surface area contributed by atoms with E-state index in [4.69, 9.17) is 0 Å². The van der Waals surface area contributed by atoms with Crippen LogP contribution in [-0.2, 0) is 0 Å². The number of carbonyl (C=O) groups is 1. The smallest absolute Gasteiger partial charge is 0.270 e. The minimum absolute atomic E-state index is 0.0549. The molecule has 0 aliphatic carbocycles. The zero-order chi connectivity index (χ0) is 14.5. The van der Waals surface area contributed by atoms with Crippen LogP contribution in [0.3, 0.4) is 0 Å². The fraction of sp³-hybridized carbons (Fsp3) is 0.500. The van der Waals surface area contributed by atoms with Crippen molar-refractivity contribution in [3.63, 3.8) is 0 Å². The Morgan fingerprint density at radius 1 is 1.55 bits per heavy atom. The largest absolute Gasteiger partial charge is 0.352 e. The molecule has 1 aliphatic rings. The van der Waals surface area contributed by atoms with Gasteiger partial charge >= 0.3 is 0 Å². The molecule has 0 bridgehead atoms. The number of benzene rings is 1. The van der Waals surface area contributed by atoms with Crippen LogP contribution in [0.25, 0.3) is 0 Å². The van der Waals surface area contributed by atoms with Crippen molar-refractivity contribution in [2.75, 3.05) is 19.6 Å². The van der Waals surface area contributed by atoms with E-state index in [0.717, 1.165) is 31.5 Å². The first-order valence-corrected chi connectivity index (χ1v) is 6.82. The van der Waals surface area contributed by atoms with Gasteiger partial charge in [-0.1, -0.05) is 6.07 Å². The van der Waals surface area contributed by atoms with E-state index < -0.39 is 4.92 Å². The molecular formula is C14H19N3O3. The summed E-state index contributed by atoms with van der Waals surface area (Å²) in [5.41, 5.74) is 1.07. The van der Waals surface area contributed by atoms with Crippen LogP contribution in [0.15, 0.2) is 18.2 Å². The third-order valence-corrected chi connectivity index (χ3v) is 3.68. The Hall–Kier alpha value is -1.95. The van der Waals surface area contributed by atoms with Crippen molar-refractivity contribution in [1.29, 1.82) is 0 Å². The molecule has 1 amide bonds. The zero-order valence-electron chi connectivity index (χ0n) is 11.5. The van der Waals surface area contributed by atoms with Crippen molar-refractivity contribution in [3.8, 4) is 0 Å². The van der Waals surface area contributed by atoms with Crippen LogP contribution in [-0.4, -0.2) is 30.5 Å². The number of carbonyl (C=O) groups excluding carboxylic acids is 1. The standard InChI is InChI=1S/C14H19N3O3/c1-10-2-3-12(17(19)20)8-13(10)14(18)16-7-5-11-4-6-15-9-11/h2-3,8,11,15H,4-7,9H2,1H3,(H,16,18). The quantitative estimate of drug-likeness (QED) is 0.633. The Morgan fingerprint density at radius 3 is 3.00 bits per heavy atom. The fourth-order valence-corrected chi connectivity index (χ4v) is 2.41. The van der Waals surface area contributed by atoms with Gasteiger partial charge in [-0.05, 0) is 44.3 Å². The minimum Gasteiger partial charge on any atom is -0.352 e. The third-order valence-electron chi connectivity index (χ3n) is 3.68. The van der Waals surface area contributed by atoms with Gasteiger partial charge in [0, 0.05) is 24.2 Å². The van der Waals surface area contributed by atoms with Crippen molar-refractivity contribution in [3.05, 3.63) is 39.4 Å². The van der Waals surface area contributed by atoms with E-state index in [1.807, 2.05) is 0 Å². The number of nitrogens with one attached hydrogen (secondary N) is 2. The number of nitrogens with zero attached hydrogens (tertiary/aromatic N) is 1. The van der Waals surface area contributed by atoms with Gasteiger partial charge in [0.1, 0.15) is 0 Å². The Morgan fingerprint density at radius 2 is 2.35 bits per heavy atom. The summed E-state index contributed by atoms with van der Waals surface area (Å²) in [4.78, 5) is 22.3. The first kappa shape index (κ1) is 14.5. The first-order valence-electron chi connectivity index (χ1n) is 6.82. The molecule has 2 N–H and O–H groups in total. The van der Waals surface area contributed by atoms with Crippen LogP contribution < -0.4 is 10.6 Å². The van der Waals surface area contributed by atoms with Gasteiger partial charge in [0.15, 0.2) is 0 Å². The molecule has 1 aromatic rings. The highest BCUT2D eigenvalue weighted by molar-refractivity contribution is 5.96. The highest BCUT2D eigenvalue weighted by Crippen LogP contribution is 2.17. The Labute approximate surface area is 117 Å². The van der Waals surface area contributed by atoms with Gasteiger partial charge in [0.05, 0.1) is 4.92 Å². The number of nitro groups is 1. The van der Waals surface area contributed by atoms with Crippen LogP contribution >= 0.6 is 0 Å². The number of nitro benzene ring substituents is 1. The van der Waals surface area contributed by atoms with E-state index in [-0.39, 0.29) is 11.6 Å². The van der Waals surface area contributed by atoms with Crippen LogP contribution in [0.2, 0.25) is 0 Å². The van der Waals surface area contributed by atoms with Gasteiger partial charge in [0.2, 0.25) is 0 Å². The Bertz CT molecular complexity index is 510. The molecule has 20 heavy (non-hydrogen) atoms. The maximum absolute atomic E-state index is 12.1. The van der Waals surface area contributed by atoms with Gasteiger partial charge in [-0.3, -0.25) is 14.9 Å². The van der Waals surface area contributed by atoms with Gasteiger partial charge in [-0.25, -0.2) is 0 Å². The molecule has 108 valence electrons. The molecule has 1 fully saturated rings. The van der Waals surface area contributed by atoms with E-state index >= 15 is 0 Å². The number of rotatable bonds is 5. The number of non-ortho nitro benzene ring substituents is 1. The normalized spacial score (nSPS) is 17.9. The summed E-state index contributed by atoms with van der Waals surface area (Å²) in [6, 6.07) is 4.35. The third kappa shape index (κ3) is 3.54. The lowest BCUT2D eigenvalue weighted by Gasteiger charge is -2.10. The summed E-state index contributed by atoms with van der Waals surface area (Å²) in [5.74, 6) is 0.374. The summed E-state index contributed by atoms with van der Waals surface area (Å²) in [6.07, 6.45) is 2.08. The van der Waals surface area contributed by atoms with Crippen molar-refractivity contribution in [2.45, 2.75) is 19.8 Å². The van der Waals surface area contributed by atoms with Crippen molar-refractivity contribution >= 4 is 11.6 Å². The average molecular weight is 277 g/mol. The van der Waals surface area contributed by atoms with Crippen molar-refractivity contribution in [1.82, 2.24) is 10.6 Å². The number of aryl methyl sites for hydroxylation is 1. The SMILES string of the molecule is Cc1ccc([N+](=O)[O-])cc1C(=O)NCCC1CCNC1. The lowest BCUT2D eigenvalue weighted by molar-refractivity contribution is -0.384. The van der Waals surface area contributed by atoms with Crippen LogP contribution in [0.4, 0.5) is 5.69 Å². The highest BCUT2D eigenvalue weighted by atomic mass is 16.6. The predicted octanol–water partition coefficient (Wildman–Crippen LogP) is 1.63. The molecule has 1 aromatic carbocycles. The maximum atomic E-state index is 12.1. The molecule has 1 aliphatic heterocycles. The zero-order valence-corrected chi connectivity index (χ0v) is 11.5. The summed E-state index contributed by atoms with van der Waals surface area (Å²) in [5, 5.41) is 16.9. The summed E-state index contributed by atoms with van der Waals surface area (Å²) >= 11 is 0. The Balaban J connectivity index is 1.94. The van der Waals surface area contributed by atoms with E-state index in [1.54, 1.807) is 13.0 Å². The minimum atomic E-state index is -0.486. The van der Waals surface area contributed by atoms with Crippen molar-refractivity contribution < 1.29 is 9.72 Å². The first-order chi connectivity index (χ1) is 9.58. The average Bonchev–Trinajstić information content (AvgIpc) is 2.92.